The quantitative estimate of drug-likeness (QED) is 0.668. The highest BCUT2D eigenvalue weighted by molar-refractivity contribution is 5.77. The number of carboxylic acid groups (broad SMARTS) is 1. The summed E-state index contributed by atoms with van der Waals surface area (Å²) in [6.07, 6.45) is 1.29. The molecule has 1 heterocycles. The molecule has 0 aliphatic carbocycles. The maximum absolute atomic E-state index is 11.9. The summed E-state index contributed by atoms with van der Waals surface area (Å²) in [6.45, 7) is 3.74. The monoisotopic (exact) mass is 244 g/mol. The Morgan fingerprint density at radius 3 is 2.65 bits per heavy atom. The predicted octanol–water partition coefficient (Wildman–Crippen LogP) is 0.404. The Kier molecular flexibility index (Phi) is 4.74. The molecule has 2 amide bonds. The van der Waals surface area contributed by atoms with Crippen LogP contribution in [0.5, 0.6) is 0 Å². The highest BCUT2D eigenvalue weighted by atomic mass is 16.4. The molecule has 0 saturated carbocycles. The molecule has 3 N–H and O–H groups in total. The van der Waals surface area contributed by atoms with Crippen molar-refractivity contribution in [3.8, 4) is 0 Å². The summed E-state index contributed by atoms with van der Waals surface area (Å²) in [5, 5.41) is 20.0. The number of urea groups is 1. The van der Waals surface area contributed by atoms with Crippen LogP contribution in [0.1, 0.15) is 33.1 Å². The fraction of sp³-hybridized carbons (Fsp3) is 0.818. The third-order valence-electron chi connectivity index (χ3n) is 3.22. The number of rotatable bonds is 4. The van der Waals surface area contributed by atoms with Crippen molar-refractivity contribution >= 4 is 12.0 Å². The number of carboxylic acids is 1. The first-order valence-electron chi connectivity index (χ1n) is 5.94. The Labute approximate surface area is 101 Å². The van der Waals surface area contributed by atoms with Crippen LogP contribution < -0.4 is 5.32 Å². The van der Waals surface area contributed by atoms with Gasteiger partial charge >= 0.3 is 12.0 Å². The Balaban J connectivity index is 2.49. The second kappa shape index (κ2) is 5.86. The van der Waals surface area contributed by atoms with Gasteiger partial charge in [-0.2, -0.15) is 0 Å². The molecule has 0 aromatic carbocycles. The van der Waals surface area contributed by atoms with Crippen LogP contribution in [0.2, 0.25) is 0 Å². The predicted molar refractivity (Wildman–Crippen MR) is 61.7 cm³/mol. The van der Waals surface area contributed by atoms with E-state index in [4.69, 9.17) is 10.2 Å². The van der Waals surface area contributed by atoms with Gasteiger partial charge in [0.05, 0.1) is 6.54 Å². The minimum Gasteiger partial charge on any atom is -0.479 e. The van der Waals surface area contributed by atoms with E-state index in [0.717, 1.165) is 19.3 Å². The topological polar surface area (TPSA) is 89.9 Å². The van der Waals surface area contributed by atoms with Gasteiger partial charge in [0, 0.05) is 12.1 Å². The fourth-order valence-corrected chi connectivity index (χ4v) is 2.20. The van der Waals surface area contributed by atoms with E-state index in [0.29, 0.717) is 0 Å². The normalized spacial score (nSPS) is 25.7. The third kappa shape index (κ3) is 3.33. The van der Waals surface area contributed by atoms with Crippen molar-refractivity contribution in [3.63, 3.8) is 0 Å². The molecule has 1 saturated heterocycles. The van der Waals surface area contributed by atoms with E-state index in [1.54, 1.807) is 4.90 Å². The summed E-state index contributed by atoms with van der Waals surface area (Å²) < 4.78 is 0. The molecule has 1 aliphatic heterocycles. The van der Waals surface area contributed by atoms with Crippen molar-refractivity contribution in [3.05, 3.63) is 0 Å². The number of likely N-dealkylation sites (tertiary alicyclic amines) is 1. The van der Waals surface area contributed by atoms with Gasteiger partial charge in [-0.25, -0.2) is 9.59 Å². The Morgan fingerprint density at radius 1 is 1.47 bits per heavy atom. The molecule has 0 aromatic heterocycles. The summed E-state index contributed by atoms with van der Waals surface area (Å²) in [5.74, 6) is -1.33. The first-order chi connectivity index (χ1) is 7.97. The van der Waals surface area contributed by atoms with Gasteiger partial charge in [-0.3, -0.25) is 0 Å². The minimum atomic E-state index is -1.54. The molecule has 0 bridgehead atoms. The number of hydrogen-bond donors (Lipinski definition) is 3. The Hall–Kier alpha value is -1.30. The number of aliphatic carboxylic acids is 1. The van der Waals surface area contributed by atoms with Gasteiger partial charge in [-0.05, 0) is 26.2 Å². The molecule has 0 radical (unpaired) electrons. The lowest BCUT2D eigenvalue weighted by Crippen LogP contribution is -2.48. The number of carbonyl (C=O) groups excluding carboxylic acids is 1. The first-order valence-corrected chi connectivity index (χ1v) is 5.94. The van der Waals surface area contributed by atoms with Crippen LogP contribution in [0.4, 0.5) is 4.79 Å². The maximum Gasteiger partial charge on any atom is 0.334 e. The number of nitrogens with zero attached hydrogens (tertiary/aromatic N) is 1. The zero-order chi connectivity index (χ0) is 13.0. The van der Waals surface area contributed by atoms with Crippen molar-refractivity contribution in [2.45, 2.75) is 51.3 Å². The molecule has 1 aliphatic rings. The van der Waals surface area contributed by atoms with Crippen LogP contribution >= 0.6 is 0 Å². The van der Waals surface area contributed by atoms with Crippen molar-refractivity contribution in [2.24, 2.45) is 0 Å². The van der Waals surface area contributed by atoms with Gasteiger partial charge in [0.15, 0.2) is 6.10 Å². The summed E-state index contributed by atoms with van der Waals surface area (Å²) in [7, 11) is 0. The number of amides is 2. The van der Waals surface area contributed by atoms with E-state index < -0.39 is 12.1 Å². The van der Waals surface area contributed by atoms with E-state index in [-0.39, 0.29) is 24.7 Å². The fourth-order valence-electron chi connectivity index (χ4n) is 2.20. The van der Waals surface area contributed by atoms with Crippen molar-refractivity contribution in [2.75, 3.05) is 6.54 Å². The lowest BCUT2D eigenvalue weighted by atomic mass is 10.2. The standard InChI is InChI=1S/C11H20N2O4/c1-3-8-5-4-7(2)13(8)11(17)12-6-9(14)10(15)16/h7-9,14H,3-6H2,1-2H3,(H,12,17)(H,15,16). The van der Waals surface area contributed by atoms with Gasteiger partial charge in [0.1, 0.15) is 0 Å². The molecule has 0 spiro atoms. The van der Waals surface area contributed by atoms with Crippen LogP contribution in [0.3, 0.4) is 0 Å². The molecular formula is C11H20N2O4. The van der Waals surface area contributed by atoms with Crippen molar-refractivity contribution in [1.82, 2.24) is 10.2 Å². The molecule has 98 valence electrons. The maximum atomic E-state index is 11.9. The molecular weight excluding hydrogens is 224 g/mol. The first kappa shape index (κ1) is 13.8. The van der Waals surface area contributed by atoms with Crippen molar-refractivity contribution < 1.29 is 19.8 Å². The highest BCUT2D eigenvalue weighted by Gasteiger charge is 2.33. The van der Waals surface area contributed by atoms with Crippen LogP contribution in [0.25, 0.3) is 0 Å². The second-order valence-electron chi connectivity index (χ2n) is 4.44. The average molecular weight is 244 g/mol. The Bertz CT molecular complexity index is 295. The van der Waals surface area contributed by atoms with Gasteiger partial charge in [0.25, 0.3) is 0 Å². The largest absolute Gasteiger partial charge is 0.479 e. The van der Waals surface area contributed by atoms with Gasteiger partial charge in [-0.15, -0.1) is 0 Å². The molecule has 6 nitrogen and oxygen atoms in total. The lowest BCUT2D eigenvalue weighted by molar-refractivity contribution is -0.146. The van der Waals surface area contributed by atoms with E-state index in [9.17, 15) is 9.59 Å². The van der Waals surface area contributed by atoms with Crippen LogP contribution in [0.15, 0.2) is 0 Å². The highest BCUT2D eigenvalue weighted by Crippen LogP contribution is 2.25. The molecule has 3 unspecified atom stereocenters. The van der Waals surface area contributed by atoms with E-state index in [2.05, 4.69) is 5.32 Å². The van der Waals surface area contributed by atoms with E-state index in [1.165, 1.54) is 0 Å². The number of nitrogens with one attached hydrogen (secondary N) is 1. The lowest BCUT2D eigenvalue weighted by Gasteiger charge is -2.28. The summed E-state index contributed by atoms with van der Waals surface area (Å²) in [4.78, 5) is 24.0. The average Bonchev–Trinajstić information content (AvgIpc) is 2.66. The summed E-state index contributed by atoms with van der Waals surface area (Å²) in [6, 6.07) is 0.0936. The number of carbonyl (C=O) groups is 2. The number of hydrogen-bond acceptors (Lipinski definition) is 3. The zero-order valence-electron chi connectivity index (χ0n) is 10.2. The second-order valence-corrected chi connectivity index (χ2v) is 4.44. The van der Waals surface area contributed by atoms with Crippen LogP contribution in [-0.4, -0.2) is 51.8 Å². The molecule has 6 heteroatoms. The molecule has 0 aromatic rings. The van der Waals surface area contributed by atoms with Crippen molar-refractivity contribution in [1.29, 1.82) is 0 Å². The molecule has 3 atom stereocenters. The third-order valence-corrected chi connectivity index (χ3v) is 3.22. The van der Waals surface area contributed by atoms with Crippen LogP contribution in [-0.2, 0) is 4.79 Å². The SMILES string of the molecule is CCC1CCC(C)N1C(=O)NCC(O)C(=O)O. The summed E-state index contributed by atoms with van der Waals surface area (Å²) >= 11 is 0. The molecule has 1 rings (SSSR count). The minimum absolute atomic E-state index is 0.168. The van der Waals surface area contributed by atoms with E-state index in [1.807, 2.05) is 13.8 Å². The van der Waals surface area contributed by atoms with Gasteiger partial charge in [-0.1, -0.05) is 6.92 Å². The van der Waals surface area contributed by atoms with Gasteiger partial charge < -0.3 is 20.4 Å². The molecule has 1 fully saturated rings. The number of aliphatic hydroxyl groups excluding tert-OH is 1. The molecule has 17 heavy (non-hydrogen) atoms. The van der Waals surface area contributed by atoms with E-state index >= 15 is 0 Å². The van der Waals surface area contributed by atoms with Crippen LogP contribution in [0, 0.1) is 0 Å². The zero-order valence-corrected chi connectivity index (χ0v) is 10.2. The Morgan fingerprint density at radius 2 is 2.12 bits per heavy atom. The smallest absolute Gasteiger partial charge is 0.334 e. The van der Waals surface area contributed by atoms with Gasteiger partial charge in [0.2, 0.25) is 0 Å². The summed E-state index contributed by atoms with van der Waals surface area (Å²) in [5.41, 5.74) is 0. The number of aliphatic hydroxyl groups is 1.